The molecule has 2 rings (SSSR count). The molecule has 0 aliphatic heterocycles. The number of aryl methyl sites for hydroxylation is 1. The number of halogens is 3. The van der Waals surface area contributed by atoms with Crippen LogP contribution >= 0.6 is 11.8 Å². The van der Waals surface area contributed by atoms with Crippen LogP contribution in [0.2, 0.25) is 0 Å². The van der Waals surface area contributed by atoms with E-state index in [0.717, 1.165) is 10.7 Å². The quantitative estimate of drug-likeness (QED) is 0.624. The Labute approximate surface area is 105 Å². The zero-order valence-corrected chi connectivity index (χ0v) is 10.4. The number of nitrogens with zero attached hydrogens (tertiary/aromatic N) is 4. The molecule has 2 aromatic rings. The molecule has 0 bridgehead atoms. The molecule has 2 heterocycles. The molecule has 0 N–H and O–H groups in total. The lowest BCUT2D eigenvalue weighted by Crippen LogP contribution is -2.09. The van der Waals surface area contributed by atoms with Crippen LogP contribution in [0.5, 0.6) is 0 Å². The monoisotopic (exact) mass is 274 g/mol. The Kier molecular flexibility index (Phi) is 3.29. The smallest absolute Gasteiger partial charge is 0.216 e. The van der Waals surface area contributed by atoms with Gasteiger partial charge in [0, 0.05) is 11.9 Å². The summed E-state index contributed by atoms with van der Waals surface area (Å²) < 4.78 is 38.3. The summed E-state index contributed by atoms with van der Waals surface area (Å²) in [6, 6.07) is 2.65. The van der Waals surface area contributed by atoms with Crippen molar-refractivity contribution in [3.63, 3.8) is 0 Å². The maximum absolute atomic E-state index is 12.4. The first-order valence-corrected chi connectivity index (χ1v) is 6.15. The van der Waals surface area contributed by atoms with E-state index in [2.05, 4.69) is 15.1 Å². The third kappa shape index (κ3) is 2.63. The SMILES string of the molecule is CSc1cc(C)nc(-n2ccc(C(F)(F)F)n2)n1. The van der Waals surface area contributed by atoms with Crippen molar-refractivity contribution in [2.24, 2.45) is 0 Å². The summed E-state index contributed by atoms with van der Waals surface area (Å²) in [5.41, 5.74) is -0.285. The minimum atomic E-state index is -4.46. The molecular weight excluding hydrogens is 265 g/mol. The normalized spacial score (nSPS) is 11.8. The van der Waals surface area contributed by atoms with Gasteiger partial charge in [-0.2, -0.15) is 18.3 Å². The van der Waals surface area contributed by atoms with Gasteiger partial charge in [-0.1, -0.05) is 0 Å². The fraction of sp³-hybridized carbons (Fsp3) is 0.300. The van der Waals surface area contributed by atoms with Crippen LogP contribution in [-0.4, -0.2) is 26.0 Å². The number of aromatic nitrogens is 4. The first kappa shape index (κ1) is 12.9. The van der Waals surface area contributed by atoms with Gasteiger partial charge < -0.3 is 0 Å². The Morgan fingerprint density at radius 3 is 2.56 bits per heavy atom. The summed E-state index contributed by atoms with van der Waals surface area (Å²) in [6.45, 7) is 1.75. The van der Waals surface area contributed by atoms with Crippen molar-refractivity contribution >= 4 is 11.8 Å². The molecule has 0 unspecified atom stereocenters. The fourth-order valence-corrected chi connectivity index (χ4v) is 1.78. The van der Waals surface area contributed by atoms with Crippen molar-refractivity contribution in [2.75, 3.05) is 6.26 Å². The summed E-state index contributed by atoms with van der Waals surface area (Å²) in [5.74, 6) is 0.134. The minimum absolute atomic E-state index is 0.134. The van der Waals surface area contributed by atoms with Crippen molar-refractivity contribution in [3.8, 4) is 5.95 Å². The molecule has 0 amide bonds. The Morgan fingerprint density at radius 1 is 1.28 bits per heavy atom. The first-order chi connectivity index (χ1) is 8.40. The zero-order chi connectivity index (χ0) is 13.3. The molecule has 0 atom stereocenters. The Bertz CT molecular complexity index is 564. The Morgan fingerprint density at radius 2 is 2.00 bits per heavy atom. The highest BCUT2D eigenvalue weighted by molar-refractivity contribution is 7.98. The van der Waals surface area contributed by atoms with Crippen molar-refractivity contribution in [3.05, 3.63) is 29.7 Å². The number of rotatable bonds is 2. The number of hydrogen-bond donors (Lipinski definition) is 0. The molecule has 18 heavy (non-hydrogen) atoms. The minimum Gasteiger partial charge on any atom is -0.216 e. The van der Waals surface area contributed by atoms with Gasteiger partial charge in [0.2, 0.25) is 0 Å². The average molecular weight is 274 g/mol. The molecule has 96 valence electrons. The fourth-order valence-electron chi connectivity index (χ4n) is 1.32. The van der Waals surface area contributed by atoms with Crippen LogP contribution in [0.15, 0.2) is 23.4 Å². The maximum Gasteiger partial charge on any atom is 0.435 e. The van der Waals surface area contributed by atoms with Crippen molar-refractivity contribution < 1.29 is 13.2 Å². The lowest BCUT2D eigenvalue weighted by Gasteiger charge is -2.04. The predicted octanol–water partition coefficient (Wildman–Crippen LogP) is 2.71. The molecule has 4 nitrogen and oxygen atoms in total. The standard InChI is InChI=1S/C10H9F3N4S/c1-6-5-8(18-2)15-9(14-6)17-4-3-7(16-17)10(11,12)13/h3-5H,1-2H3. The second-order valence-electron chi connectivity index (χ2n) is 3.49. The zero-order valence-electron chi connectivity index (χ0n) is 9.56. The van der Waals surface area contributed by atoms with Gasteiger partial charge in [0.25, 0.3) is 5.95 Å². The highest BCUT2D eigenvalue weighted by atomic mass is 32.2. The van der Waals surface area contributed by atoms with Gasteiger partial charge in [0.05, 0.1) is 0 Å². The van der Waals surface area contributed by atoms with Crippen LogP contribution in [0.4, 0.5) is 13.2 Å². The van der Waals surface area contributed by atoms with E-state index >= 15 is 0 Å². The second kappa shape index (κ2) is 4.60. The molecule has 0 aliphatic carbocycles. The third-order valence-electron chi connectivity index (χ3n) is 2.11. The predicted molar refractivity (Wildman–Crippen MR) is 60.7 cm³/mol. The number of thioether (sulfide) groups is 1. The average Bonchev–Trinajstić information content (AvgIpc) is 2.77. The molecule has 0 spiro atoms. The molecular formula is C10H9F3N4S. The number of hydrogen-bond acceptors (Lipinski definition) is 4. The highest BCUT2D eigenvalue weighted by Crippen LogP contribution is 2.27. The molecule has 0 radical (unpaired) electrons. The summed E-state index contributed by atoms with van der Waals surface area (Å²) in [7, 11) is 0. The first-order valence-electron chi connectivity index (χ1n) is 4.93. The Balaban J connectivity index is 2.43. The van der Waals surface area contributed by atoms with E-state index in [1.165, 1.54) is 18.0 Å². The van der Waals surface area contributed by atoms with E-state index in [0.29, 0.717) is 10.7 Å². The van der Waals surface area contributed by atoms with Gasteiger partial charge in [-0.3, -0.25) is 0 Å². The van der Waals surface area contributed by atoms with E-state index in [1.54, 1.807) is 13.0 Å². The van der Waals surface area contributed by atoms with Crippen molar-refractivity contribution in [1.82, 2.24) is 19.7 Å². The summed E-state index contributed by atoms with van der Waals surface area (Å²) >= 11 is 1.39. The summed E-state index contributed by atoms with van der Waals surface area (Å²) in [4.78, 5) is 8.16. The highest BCUT2D eigenvalue weighted by Gasteiger charge is 2.33. The molecule has 0 saturated heterocycles. The molecule has 0 fully saturated rings. The van der Waals surface area contributed by atoms with E-state index in [9.17, 15) is 13.2 Å². The van der Waals surface area contributed by atoms with E-state index in [4.69, 9.17) is 0 Å². The number of alkyl halides is 3. The Hall–Kier alpha value is -1.57. The summed E-state index contributed by atoms with van der Waals surface area (Å²) in [6.07, 6.45) is -1.44. The molecule has 0 aliphatic rings. The van der Waals surface area contributed by atoms with Crippen LogP contribution in [-0.2, 0) is 6.18 Å². The van der Waals surface area contributed by atoms with Crippen LogP contribution in [0.3, 0.4) is 0 Å². The topological polar surface area (TPSA) is 43.6 Å². The molecule has 2 aromatic heterocycles. The van der Waals surface area contributed by atoms with Crippen LogP contribution in [0, 0.1) is 6.92 Å². The van der Waals surface area contributed by atoms with Gasteiger partial charge in [0.1, 0.15) is 5.03 Å². The van der Waals surface area contributed by atoms with Crippen molar-refractivity contribution in [1.29, 1.82) is 0 Å². The van der Waals surface area contributed by atoms with Gasteiger partial charge in [-0.05, 0) is 25.3 Å². The van der Waals surface area contributed by atoms with Gasteiger partial charge in [0.15, 0.2) is 5.69 Å². The molecule has 0 aromatic carbocycles. The lowest BCUT2D eigenvalue weighted by atomic mass is 10.4. The van der Waals surface area contributed by atoms with Gasteiger partial charge >= 0.3 is 6.18 Å². The van der Waals surface area contributed by atoms with Crippen LogP contribution in [0.1, 0.15) is 11.4 Å². The van der Waals surface area contributed by atoms with E-state index in [-0.39, 0.29) is 5.95 Å². The summed E-state index contributed by atoms with van der Waals surface area (Å²) in [5, 5.41) is 4.11. The van der Waals surface area contributed by atoms with Crippen molar-refractivity contribution in [2.45, 2.75) is 18.1 Å². The van der Waals surface area contributed by atoms with Crippen LogP contribution in [0.25, 0.3) is 5.95 Å². The second-order valence-corrected chi connectivity index (χ2v) is 4.32. The van der Waals surface area contributed by atoms with Crippen LogP contribution < -0.4 is 0 Å². The van der Waals surface area contributed by atoms with E-state index < -0.39 is 11.9 Å². The van der Waals surface area contributed by atoms with Gasteiger partial charge in [-0.25, -0.2) is 14.6 Å². The maximum atomic E-state index is 12.4. The lowest BCUT2D eigenvalue weighted by molar-refractivity contribution is -0.141. The third-order valence-corrected chi connectivity index (χ3v) is 2.74. The molecule has 0 saturated carbocycles. The largest absolute Gasteiger partial charge is 0.435 e. The van der Waals surface area contributed by atoms with E-state index in [1.807, 2.05) is 6.26 Å². The van der Waals surface area contributed by atoms with Gasteiger partial charge in [-0.15, -0.1) is 11.8 Å². The molecule has 8 heteroatoms.